The number of benzene rings is 1. The van der Waals surface area contributed by atoms with Crippen LogP contribution in [0, 0.1) is 0 Å². The minimum absolute atomic E-state index is 0.941. The van der Waals surface area contributed by atoms with Crippen LogP contribution in [0.4, 0.5) is 0 Å². The molecule has 1 rings (SSSR count). The van der Waals surface area contributed by atoms with Crippen molar-refractivity contribution in [1.29, 1.82) is 0 Å². The van der Waals surface area contributed by atoms with Gasteiger partial charge in [-0.05, 0) is 30.4 Å². The van der Waals surface area contributed by atoms with Crippen LogP contribution < -0.4 is 11.3 Å². The van der Waals surface area contributed by atoms with Crippen LogP contribution in [0.5, 0.6) is 0 Å². The van der Waals surface area contributed by atoms with Gasteiger partial charge in [-0.1, -0.05) is 51.5 Å². The van der Waals surface area contributed by atoms with Crippen molar-refractivity contribution in [3.05, 3.63) is 35.4 Å². The molecule has 0 radical (unpaired) electrons. The molecule has 0 saturated carbocycles. The predicted molar refractivity (Wildman–Crippen MR) is 72.3 cm³/mol. The highest BCUT2D eigenvalue weighted by atomic mass is 15.2. The first kappa shape index (κ1) is 15.1. The van der Waals surface area contributed by atoms with E-state index in [9.17, 15) is 0 Å². The number of hydrazine groups is 1. The molecule has 0 aromatic heterocycles. The van der Waals surface area contributed by atoms with Crippen molar-refractivity contribution >= 4 is 0 Å². The Morgan fingerprint density at radius 3 is 1.94 bits per heavy atom. The van der Waals surface area contributed by atoms with Crippen molar-refractivity contribution in [2.45, 2.75) is 46.5 Å². The average Bonchev–Trinajstić information content (AvgIpc) is 2.37. The topological polar surface area (TPSA) is 38.0 Å². The molecule has 0 aliphatic carbocycles. The minimum Gasteiger partial charge on any atom is -0.271 e. The van der Waals surface area contributed by atoms with E-state index in [1.165, 1.54) is 24.0 Å². The molecule has 0 aliphatic rings. The second-order valence-corrected chi connectivity index (χ2v) is 3.83. The summed E-state index contributed by atoms with van der Waals surface area (Å²) in [5.74, 6) is 4.96. The van der Waals surface area contributed by atoms with E-state index in [-0.39, 0.29) is 0 Å². The van der Waals surface area contributed by atoms with Gasteiger partial charge in [0.15, 0.2) is 0 Å². The molecule has 1 aromatic carbocycles. The van der Waals surface area contributed by atoms with Gasteiger partial charge in [-0.25, -0.2) is 0 Å². The maximum atomic E-state index is 4.96. The molecule has 0 saturated heterocycles. The molecule has 1 aromatic rings. The zero-order chi connectivity index (χ0) is 12.2. The van der Waals surface area contributed by atoms with Gasteiger partial charge in [0.25, 0.3) is 0 Å². The van der Waals surface area contributed by atoms with Crippen molar-refractivity contribution in [2.75, 3.05) is 6.54 Å². The molecule has 3 N–H and O–H groups in total. The molecular formula is C14H26N2. The summed E-state index contributed by atoms with van der Waals surface area (Å²) in [6, 6.07) is 8.77. The van der Waals surface area contributed by atoms with Crippen LogP contribution in [0.1, 0.15) is 44.7 Å². The van der Waals surface area contributed by atoms with Gasteiger partial charge in [-0.3, -0.25) is 11.3 Å². The Labute approximate surface area is 100 Å². The van der Waals surface area contributed by atoms with Crippen LogP contribution in [0.2, 0.25) is 0 Å². The van der Waals surface area contributed by atoms with E-state index >= 15 is 0 Å². The lowest BCUT2D eigenvalue weighted by molar-refractivity contribution is 0.669. The first-order valence-electron chi connectivity index (χ1n) is 6.29. The molecule has 0 amide bonds. The van der Waals surface area contributed by atoms with Gasteiger partial charge in [-0.15, -0.1) is 0 Å². The summed E-state index contributed by atoms with van der Waals surface area (Å²) in [4.78, 5) is 0. The highest BCUT2D eigenvalue weighted by molar-refractivity contribution is 5.23. The lowest BCUT2D eigenvalue weighted by Crippen LogP contribution is -2.22. The summed E-state index contributed by atoms with van der Waals surface area (Å²) < 4.78 is 0. The number of aryl methyl sites for hydroxylation is 2. The van der Waals surface area contributed by atoms with Crippen LogP contribution in [-0.2, 0) is 12.8 Å². The number of nitrogens with one attached hydrogen (secondary N) is 1. The summed E-state index contributed by atoms with van der Waals surface area (Å²) in [5, 5.41) is 0. The summed E-state index contributed by atoms with van der Waals surface area (Å²) in [5.41, 5.74) is 5.46. The number of hydrogen-bond donors (Lipinski definition) is 2. The number of unbranched alkanes of at least 4 members (excludes halogenated alkanes) is 1. The maximum absolute atomic E-state index is 4.96. The summed E-state index contributed by atoms with van der Waals surface area (Å²) in [6.07, 6.45) is 4.68. The Kier molecular flexibility index (Phi) is 10.1. The summed E-state index contributed by atoms with van der Waals surface area (Å²) in [6.45, 7) is 7.46. The fourth-order valence-corrected chi connectivity index (χ4v) is 1.35. The molecule has 0 aliphatic heterocycles. The number of nitrogens with two attached hydrogens (primary N) is 1. The van der Waals surface area contributed by atoms with Crippen molar-refractivity contribution < 1.29 is 0 Å². The van der Waals surface area contributed by atoms with Crippen molar-refractivity contribution in [1.82, 2.24) is 5.43 Å². The van der Waals surface area contributed by atoms with Crippen LogP contribution in [0.3, 0.4) is 0 Å². The normalized spacial score (nSPS) is 9.50. The van der Waals surface area contributed by atoms with Gasteiger partial charge in [0.1, 0.15) is 0 Å². The highest BCUT2D eigenvalue weighted by Crippen LogP contribution is 2.05. The minimum atomic E-state index is 0.941. The predicted octanol–water partition coefficient (Wildman–Crippen LogP) is 3.06. The fraction of sp³-hybridized carbons (Fsp3) is 0.571. The average molecular weight is 222 g/mol. The molecule has 0 unspecified atom stereocenters. The molecular weight excluding hydrogens is 196 g/mol. The van der Waals surface area contributed by atoms with E-state index in [4.69, 9.17) is 5.84 Å². The molecule has 0 heterocycles. The van der Waals surface area contributed by atoms with Gasteiger partial charge in [-0.2, -0.15) is 0 Å². The van der Waals surface area contributed by atoms with Gasteiger partial charge in [0.2, 0.25) is 0 Å². The molecule has 2 heteroatoms. The molecule has 0 bridgehead atoms. The Balaban J connectivity index is 0.000000325. The first-order chi connectivity index (χ1) is 7.78. The smallest absolute Gasteiger partial charge is 0.00973 e. The SMILES string of the molecule is CCCCNN.CCc1cccc(CC)c1. The lowest BCUT2D eigenvalue weighted by atomic mass is 10.1. The number of rotatable bonds is 5. The third-order valence-electron chi connectivity index (χ3n) is 2.48. The monoisotopic (exact) mass is 222 g/mol. The second-order valence-electron chi connectivity index (χ2n) is 3.83. The molecule has 92 valence electrons. The Hall–Kier alpha value is -0.860. The Bertz CT molecular complexity index is 235. The zero-order valence-corrected chi connectivity index (χ0v) is 10.9. The highest BCUT2D eigenvalue weighted by Gasteiger charge is 1.89. The van der Waals surface area contributed by atoms with Crippen LogP contribution in [0.25, 0.3) is 0 Å². The van der Waals surface area contributed by atoms with Crippen molar-refractivity contribution in [3.63, 3.8) is 0 Å². The second kappa shape index (κ2) is 10.7. The molecule has 0 spiro atoms. The molecule has 0 atom stereocenters. The summed E-state index contributed by atoms with van der Waals surface area (Å²) >= 11 is 0. The Morgan fingerprint density at radius 1 is 1.06 bits per heavy atom. The van der Waals surface area contributed by atoms with Gasteiger partial charge >= 0.3 is 0 Å². The van der Waals surface area contributed by atoms with E-state index < -0.39 is 0 Å². The quantitative estimate of drug-likeness (QED) is 0.456. The largest absolute Gasteiger partial charge is 0.271 e. The number of hydrogen-bond acceptors (Lipinski definition) is 2. The molecule has 2 nitrogen and oxygen atoms in total. The first-order valence-corrected chi connectivity index (χ1v) is 6.29. The molecule has 0 fully saturated rings. The van der Waals surface area contributed by atoms with Crippen molar-refractivity contribution in [2.24, 2.45) is 5.84 Å². The van der Waals surface area contributed by atoms with Crippen LogP contribution in [-0.4, -0.2) is 6.54 Å². The van der Waals surface area contributed by atoms with Crippen LogP contribution >= 0.6 is 0 Å². The molecule has 16 heavy (non-hydrogen) atoms. The zero-order valence-electron chi connectivity index (χ0n) is 10.9. The standard InChI is InChI=1S/C10H14.C4H12N2/c1-3-9-6-5-7-10(4-2)8-9;1-2-3-4-6-5/h5-8H,3-4H2,1-2H3;6H,2-5H2,1H3. The van der Waals surface area contributed by atoms with E-state index in [1.807, 2.05) is 0 Å². The van der Waals surface area contributed by atoms with Crippen LogP contribution in [0.15, 0.2) is 24.3 Å². The summed E-state index contributed by atoms with van der Waals surface area (Å²) in [7, 11) is 0. The van der Waals surface area contributed by atoms with E-state index in [2.05, 4.69) is 50.5 Å². The third-order valence-corrected chi connectivity index (χ3v) is 2.48. The Morgan fingerprint density at radius 2 is 1.62 bits per heavy atom. The maximum Gasteiger partial charge on any atom is 0.00973 e. The van der Waals surface area contributed by atoms with Gasteiger partial charge in [0, 0.05) is 6.54 Å². The van der Waals surface area contributed by atoms with Gasteiger partial charge < -0.3 is 0 Å². The van der Waals surface area contributed by atoms with Crippen molar-refractivity contribution in [3.8, 4) is 0 Å². The third kappa shape index (κ3) is 7.43. The van der Waals surface area contributed by atoms with E-state index in [1.54, 1.807) is 0 Å². The van der Waals surface area contributed by atoms with Gasteiger partial charge in [0.05, 0.1) is 0 Å². The van der Waals surface area contributed by atoms with E-state index in [0.717, 1.165) is 19.4 Å². The van der Waals surface area contributed by atoms with E-state index in [0.29, 0.717) is 0 Å². The fourth-order valence-electron chi connectivity index (χ4n) is 1.35. The lowest BCUT2D eigenvalue weighted by Gasteiger charge is -1.98.